The van der Waals surface area contributed by atoms with E-state index in [0.717, 1.165) is 23.1 Å². The fraction of sp³-hybridized carbons (Fsp3) is 0.562. The summed E-state index contributed by atoms with van der Waals surface area (Å²) in [6.07, 6.45) is 5.54. The molecule has 0 heterocycles. The van der Waals surface area contributed by atoms with Gasteiger partial charge in [-0.25, -0.2) is 0 Å². The van der Waals surface area contributed by atoms with Crippen LogP contribution in [0.2, 0.25) is 0 Å². The van der Waals surface area contributed by atoms with Gasteiger partial charge in [0.2, 0.25) is 0 Å². The quantitative estimate of drug-likeness (QED) is 0.606. The van der Waals surface area contributed by atoms with Gasteiger partial charge in [-0.05, 0) is 46.1 Å². The van der Waals surface area contributed by atoms with Gasteiger partial charge in [0.1, 0.15) is 0 Å². The summed E-state index contributed by atoms with van der Waals surface area (Å²) in [7, 11) is 0. The van der Waals surface area contributed by atoms with Gasteiger partial charge in [0.25, 0.3) is 0 Å². The molecule has 0 aromatic heterocycles. The lowest BCUT2D eigenvalue weighted by Gasteiger charge is -2.30. The van der Waals surface area contributed by atoms with Gasteiger partial charge in [-0.3, -0.25) is 4.79 Å². The third kappa shape index (κ3) is 3.73. The smallest absolute Gasteiger partial charge is 0.309 e. The largest absolute Gasteiger partial charge is 0.481 e. The van der Waals surface area contributed by atoms with Crippen molar-refractivity contribution in [3.8, 4) is 0 Å². The Labute approximate surface area is 120 Å². The highest BCUT2D eigenvalue weighted by molar-refractivity contribution is 6.23. The monoisotopic (exact) mass is 282 g/mol. The molecule has 0 saturated carbocycles. The first kappa shape index (κ1) is 16.0. The van der Waals surface area contributed by atoms with E-state index in [2.05, 4.69) is 12.7 Å². The van der Waals surface area contributed by atoms with Gasteiger partial charge in [-0.2, -0.15) is 0 Å². The van der Waals surface area contributed by atoms with Crippen molar-refractivity contribution in [2.24, 2.45) is 11.3 Å². The van der Waals surface area contributed by atoms with E-state index in [1.54, 1.807) is 13.8 Å². The summed E-state index contributed by atoms with van der Waals surface area (Å²) in [6.45, 7) is 11.5. The van der Waals surface area contributed by atoms with Gasteiger partial charge in [-0.15, -0.1) is 11.6 Å². The summed E-state index contributed by atoms with van der Waals surface area (Å²) in [5.41, 5.74) is 2.51. The Kier molecular flexibility index (Phi) is 5.03. The molecule has 3 heteroatoms. The lowest BCUT2D eigenvalue weighted by molar-refractivity contribution is -0.146. The molecule has 0 amide bonds. The average Bonchev–Trinajstić information content (AvgIpc) is 2.27. The van der Waals surface area contributed by atoms with E-state index < -0.39 is 11.4 Å². The molecule has 1 aliphatic rings. The van der Waals surface area contributed by atoms with E-state index in [4.69, 9.17) is 16.7 Å². The Hall–Kier alpha value is -1.02. The number of carbonyl (C=O) groups is 1. The zero-order chi connectivity index (χ0) is 14.8. The molecule has 0 spiro atoms. The number of alkyl halides is 1. The molecule has 106 valence electrons. The molecule has 1 aliphatic carbocycles. The topological polar surface area (TPSA) is 37.3 Å². The lowest BCUT2D eigenvalue weighted by Crippen LogP contribution is -2.25. The standard InChI is InChI=1S/C16H23ClO2/c1-10(2)12-7-6-11(3)13(14(12)17)8-9-16(4,5)15(18)19/h6,8,12,14H,1,7,9H2,2-5H3,(H,18,19)/b13-8+/t12-,14-/m1/s1. The van der Waals surface area contributed by atoms with E-state index in [0.29, 0.717) is 6.42 Å². The normalized spacial score (nSPS) is 26.2. The van der Waals surface area contributed by atoms with Crippen LogP contribution in [0.1, 0.15) is 40.5 Å². The predicted octanol–water partition coefficient (Wildman–Crippen LogP) is 4.56. The molecule has 0 aromatic rings. The van der Waals surface area contributed by atoms with Gasteiger partial charge >= 0.3 is 5.97 Å². The molecule has 0 fully saturated rings. The third-order valence-corrected chi connectivity index (χ3v) is 4.37. The van der Waals surface area contributed by atoms with Crippen molar-refractivity contribution in [1.82, 2.24) is 0 Å². The first-order valence-corrected chi connectivity index (χ1v) is 7.00. The van der Waals surface area contributed by atoms with E-state index in [1.807, 2.05) is 19.9 Å². The van der Waals surface area contributed by atoms with Crippen LogP contribution >= 0.6 is 11.6 Å². The number of aliphatic carboxylic acids is 1. The van der Waals surface area contributed by atoms with Crippen molar-refractivity contribution in [3.63, 3.8) is 0 Å². The number of hydrogen-bond acceptors (Lipinski definition) is 1. The molecule has 0 saturated heterocycles. The fourth-order valence-electron chi connectivity index (χ4n) is 2.15. The Morgan fingerprint density at radius 1 is 1.63 bits per heavy atom. The van der Waals surface area contributed by atoms with E-state index in [-0.39, 0.29) is 11.3 Å². The average molecular weight is 283 g/mol. The fourth-order valence-corrected chi connectivity index (χ4v) is 2.73. The summed E-state index contributed by atoms with van der Waals surface area (Å²) in [6, 6.07) is 0. The summed E-state index contributed by atoms with van der Waals surface area (Å²) in [5, 5.41) is 9.05. The van der Waals surface area contributed by atoms with E-state index in [9.17, 15) is 4.79 Å². The van der Waals surface area contributed by atoms with Crippen LogP contribution < -0.4 is 0 Å². The number of hydrogen-bond donors (Lipinski definition) is 1. The number of allylic oxidation sites excluding steroid dienone is 5. The molecule has 0 unspecified atom stereocenters. The molecule has 1 rings (SSSR count). The maximum absolute atomic E-state index is 11.1. The summed E-state index contributed by atoms with van der Waals surface area (Å²) < 4.78 is 0. The molecule has 2 atom stereocenters. The molecule has 0 radical (unpaired) electrons. The number of halogens is 1. The second kappa shape index (κ2) is 5.96. The van der Waals surface area contributed by atoms with Gasteiger partial charge in [0, 0.05) is 5.92 Å². The Balaban J connectivity index is 2.97. The molecule has 0 aliphatic heterocycles. The van der Waals surface area contributed by atoms with Crippen LogP contribution in [-0.4, -0.2) is 16.5 Å². The van der Waals surface area contributed by atoms with Crippen LogP contribution in [0.5, 0.6) is 0 Å². The van der Waals surface area contributed by atoms with Crippen molar-refractivity contribution < 1.29 is 9.90 Å². The van der Waals surface area contributed by atoms with Gasteiger partial charge < -0.3 is 5.11 Å². The van der Waals surface area contributed by atoms with Gasteiger partial charge in [-0.1, -0.05) is 29.9 Å². The van der Waals surface area contributed by atoms with Crippen molar-refractivity contribution in [1.29, 1.82) is 0 Å². The number of rotatable bonds is 4. The first-order chi connectivity index (χ1) is 8.66. The highest BCUT2D eigenvalue weighted by atomic mass is 35.5. The molecular formula is C16H23ClO2. The Morgan fingerprint density at radius 2 is 2.21 bits per heavy atom. The number of carboxylic acid groups (broad SMARTS) is 1. The Bertz CT molecular complexity index is 444. The van der Waals surface area contributed by atoms with Crippen LogP contribution in [0.4, 0.5) is 0 Å². The van der Waals surface area contributed by atoms with Crippen molar-refractivity contribution in [2.45, 2.75) is 45.9 Å². The van der Waals surface area contributed by atoms with Crippen LogP contribution in [0.15, 0.2) is 35.5 Å². The molecule has 2 nitrogen and oxygen atoms in total. The maximum Gasteiger partial charge on any atom is 0.309 e. The maximum atomic E-state index is 11.1. The molecule has 19 heavy (non-hydrogen) atoms. The second-order valence-corrected chi connectivity index (χ2v) is 6.50. The minimum absolute atomic E-state index is 0.105. The lowest BCUT2D eigenvalue weighted by atomic mass is 9.80. The van der Waals surface area contributed by atoms with E-state index >= 15 is 0 Å². The predicted molar refractivity (Wildman–Crippen MR) is 80.4 cm³/mol. The SMILES string of the molecule is C=C(C)[C@H]1CC=C(C)/C(=C\CC(C)(C)C(=O)O)[C@@H]1Cl. The first-order valence-electron chi connectivity index (χ1n) is 6.57. The van der Waals surface area contributed by atoms with Crippen LogP contribution in [0.3, 0.4) is 0 Å². The third-order valence-electron chi connectivity index (χ3n) is 3.83. The van der Waals surface area contributed by atoms with Crippen LogP contribution in [-0.2, 0) is 4.79 Å². The van der Waals surface area contributed by atoms with Crippen molar-refractivity contribution >= 4 is 17.6 Å². The highest BCUT2D eigenvalue weighted by Gasteiger charge is 2.30. The van der Waals surface area contributed by atoms with E-state index in [1.165, 1.54) is 0 Å². The zero-order valence-corrected chi connectivity index (χ0v) is 12.9. The molecule has 1 N–H and O–H groups in total. The van der Waals surface area contributed by atoms with Crippen molar-refractivity contribution in [2.75, 3.05) is 0 Å². The van der Waals surface area contributed by atoms with Gasteiger partial charge in [0.05, 0.1) is 10.8 Å². The minimum Gasteiger partial charge on any atom is -0.481 e. The highest BCUT2D eigenvalue weighted by Crippen LogP contribution is 2.37. The number of carboxylic acids is 1. The Morgan fingerprint density at radius 3 is 2.68 bits per heavy atom. The summed E-state index contributed by atoms with van der Waals surface area (Å²) in [5.74, 6) is -0.547. The van der Waals surface area contributed by atoms with Gasteiger partial charge in [0.15, 0.2) is 0 Å². The second-order valence-electron chi connectivity index (χ2n) is 6.03. The van der Waals surface area contributed by atoms with Crippen LogP contribution in [0, 0.1) is 11.3 Å². The molecule has 0 bridgehead atoms. The van der Waals surface area contributed by atoms with Crippen LogP contribution in [0.25, 0.3) is 0 Å². The molecule has 0 aromatic carbocycles. The molecular weight excluding hydrogens is 260 g/mol. The summed E-state index contributed by atoms with van der Waals surface area (Å²) >= 11 is 6.53. The van der Waals surface area contributed by atoms with Crippen molar-refractivity contribution in [3.05, 3.63) is 35.5 Å². The zero-order valence-electron chi connectivity index (χ0n) is 12.2. The minimum atomic E-state index is -0.788. The summed E-state index contributed by atoms with van der Waals surface area (Å²) in [4.78, 5) is 11.1.